The van der Waals surface area contributed by atoms with E-state index in [1.807, 2.05) is 0 Å². The van der Waals surface area contributed by atoms with Crippen molar-refractivity contribution in [2.24, 2.45) is 0 Å². The van der Waals surface area contributed by atoms with Gasteiger partial charge in [-0.1, -0.05) is 11.6 Å². The summed E-state index contributed by atoms with van der Waals surface area (Å²) >= 11 is 9.19. The number of nitrogens with zero attached hydrogens (tertiary/aromatic N) is 1. The molecule has 0 bridgehead atoms. The molecule has 5 heteroatoms. The van der Waals surface area contributed by atoms with Gasteiger partial charge in [0.15, 0.2) is 0 Å². The number of halogens is 2. The maximum absolute atomic E-state index is 11.9. The molecule has 18 heavy (non-hydrogen) atoms. The molecular weight excluding hydrogens is 316 g/mol. The lowest BCUT2D eigenvalue weighted by molar-refractivity contribution is 0.0949. The first-order valence-corrected chi connectivity index (χ1v) is 7.29. The lowest BCUT2D eigenvalue weighted by Crippen LogP contribution is -2.33. The van der Waals surface area contributed by atoms with E-state index in [9.17, 15) is 4.79 Å². The van der Waals surface area contributed by atoms with Gasteiger partial charge in [0.05, 0.1) is 5.56 Å². The van der Waals surface area contributed by atoms with Crippen molar-refractivity contribution in [3.63, 3.8) is 0 Å². The van der Waals surface area contributed by atoms with Crippen molar-refractivity contribution in [1.82, 2.24) is 10.2 Å². The van der Waals surface area contributed by atoms with Crippen LogP contribution in [0.4, 0.5) is 0 Å². The van der Waals surface area contributed by atoms with Crippen molar-refractivity contribution >= 4 is 33.4 Å². The number of hydrogen-bond acceptors (Lipinski definition) is 2. The summed E-state index contributed by atoms with van der Waals surface area (Å²) in [7, 11) is 0. The Morgan fingerprint density at radius 2 is 2.11 bits per heavy atom. The molecule has 0 aliphatic carbocycles. The quantitative estimate of drug-likeness (QED) is 0.920. The van der Waals surface area contributed by atoms with Gasteiger partial charge in [-0.2, -0.15) is 0 Å². The number of amides is 1. The number of hydrogen-bond donors (Lipinski definition) is 1. The lowest BCUT2D eigenvalue weighted by atomic mass is 10.2. The summed E-state index contributed by atoms with van der Waals surface area (Å²) in [5, 5.41) is 3.55. The summed E-state index contributed by atoms with van der Waals surface area (Å²) in [4.78, 5) is 14.3. The average molecular weight is 332 g/mol. The Hall–Kier alpha value is -0.580. The molecule has 0 aromatic heterocycles. The number of carbonyl (C=O) groups is 1. The predicted octanol–water partition coefficient (Wildman–Crippen LogP) is 2.93. The van der Waals surface area contributed by atoms with Gasteiger partial charge in [0.1, 0.15) is 0 Å². The van der Waals surface area contributed by atoms with Gasteiger partial charge in [-0.3, -0.25) is 4.79 Å². The Balaban J connectivity index is 1.83. The highest BCUT2D eigenvalue weighted by molar-refractivity contribution is 9.10. The van der Waals surface area contributed by atoms with Gasteiger partial charge in [0, 0.05) is 22.6 Å². The fourth-order valence-corrected chi connectivity index (χ4v) is 2.97. The van der Waals surface area contributed by atoms with E-state index in [-0.39, 0.29) is 5.91 Å². The topological polar surface area (TPSA) is 32.3 Å². The van der Waals surface area contributed by atoms with E-state index >= 15 is 0 Å². The van der Waals surface area contributed by atoms with E-state index in [1.54, 1.807) is 18.2 Å². The van der Waals surface area contributed by atoms with Crippen LogP contribution < -0.4 is 5.32 Å². The van der Waals surface area contributed by atoms with E-state index in [0.29, 0.717) is 17.1 Å². The van der Waals surface area contributed by atoms with Gasteiger partial charge in [0.2, 0.25) is 0 Å². The summed E-state index contributed by atoms with van der Waals surface area (Å²) in [6, 6.07) is 5.19. The SMILES string of the molecule is O=C(NCCN1CCCC1)c1ccc(Cl)cc1Br. The molecule has 1 saturated heterocycles. The fourth-order valence-electron chi connectivity index (χ4n) is 2.10. The zero-order valence-corrected chi connectivity index (χ0v) is 12.4. The zero-order chi connectivity index (χ0) is 13.0. The molecule has 98 valence electrons. The highest BCUT2D eigenvalue weighted by atomic mass is 79.9. The standard InChI is InChI=1S/C13H16BrClN2O/c14-12-9-10(15)3-4-11(12)13(18)16-5-8-17-6-1-2-7-17/h3-4,9H,1-2,5-8H2,(H,16,18). The first kappa shape index (κ1) is 13.8. The van der Waals surface area contributed by atoms with Crippen LogP contribution in [0.2, 0.25) is 5.02 Å². The first-order valence-electron chi connectivity index (χ1n) is 6.12. The monoisotopic (exact) mass is 330 g/mol. The van der Waals surface area contributed by atoms with E-state index in [0.717, 1.165) is 24.1 Å². The smallest absolute Gasteiger partial charge is 0.252 e. The van der Waals surface area contributed by atoms with Crippen molar-refractivity contribution < 1.29 is 4.79 Å². The largest absolute Gasteiger partial charge is 0.351 e. The van der Waals surface area contributed by atoms with E-state index in [1.165, 1.54) is 12.8 Å². The molecular formula is C13H16BrClN2O. The highest BCUT2D eigenvalue weighted by Gasteiger charge is 2.13. The average Bonchev–Trinajstić information content (AvgIpc) is 2.81. The summed E-state index contributed by atoms with van der Waals surface area (Å²) in [6.07, 6.45) is 2.55. The number of carbonyl (C=O) groups excluding carboxylic acids is 1. The van der Waals surface area contributed by atoms with Crippen molar-refractivity contribution in [3.8, 4) is 0 Å². The maximum atomic E-state index is 11.9. The molecule has 1 amide bonds. The molecule has 0 radical (unpaired) electrons. The molecule has 1 heterocycles. The van der Waals surface area contributed by atoms with Crippen molar-refractivity contribution in [1.29, 1.82) is 0 Å². The Labute approximate surface area is 121 Å². The molecule has 1 aromatic carbocycles. The third-order valence-electron chi connectivity index (χ3n) is 3.09. The number of benzene rings is 1. The van der Waals surface area contributed by atoms with Crippen molar-refractivity contribution in [3.05, 3.63) is 33.3 Å². The van der Waals surface area contributed by atoms with Gasteiger partial charge >= 0.3 is 0 Å². The van der Waals surface area contributed by atoms with Crippen LogP contribution in [0.1, 0.15) is 23.2 Å². The second kappa shape index (κ2) is 6.55. The van der Waals surface area contributed by atoms with Gasteiger partial charge in [-0.25, -0.2) is 0 Å². The van der Waals surface area contributed by atoms with Crippen LogP contribution in [-0.4, -0.2) is 37.0 Å². The molecule has 1 aliphatic rings. The Kier molecular flexibility index (Phi) is 5.03. The first-order chi connectivity index (χ1) is 8.66. The third kappa shape index (κ3) is 3.70. The van der Waals surface area contributed by atoms with E-state index < -0.39 is 0 Å². The fraction of sp³-hybridized carbons (Fsp3) is 0.462. The zero-order valence-electron chi connectivity index (χ0n) is 10.1. The summed E-state index contributed by atoms with van der Waals surface area (Å²) in [5.74, 6) is -0.0576. The third-order valence-corrected chi connectivity index (χ3v) is 3.98. The van der Waals surface area contributed by atoms with Gasteiger partial charge in [-0.05, 0) is 60.1 Å². The minimum Gasteiger partial charge on any atom is -0.351 e. The molecule has 3 nitrogen and oxygen atoms in total. The summed E-state index contributed by atoms with van der Waals surface area (Å²) in [5.41, 5.74) is 0.626. The molecule has 1 fully saturated rings. The lowest BCUT2D eigenvalue weighted by Gasteiger charge is -2.15. The molecule has 1 N–H and O–H groups in total. The molecule has 0 saturated carbocycles. The number of nitrogens with one attached hydrogen (secondary N) is 1. The Morgan fingerprint density at radius 1 is 1.39 bits per heavy atom. The van der Waals surface area contributed by atoms with Gasteiger partial charge in [0.25, 0.3) is 5.91 Å². The molecule has 0 atom stereocenters. The van der Waals surface area contributed by atoms with E-state index in [4.69, 9.17) is 11.6 Å². The van der Waals surface area contributed by atoms with Crippen LogP contribution in [0.25, 0.3) is 0 Å². The molecule has 2 rings (SSSR count). The van der Waals surface area contributed by atoms with E-state index in [2.05, 4.69) is 26.1 Å². The Morgan fingerprint density at radius 3 is 2.78 bits per heavy atom. The summed E-state index contributed by atoms with van der Waals surface area (Å²) in [6.45, 7) is 3.92. The highest BCUT2D eigenvalue weighted by Crippen LogP contribution is 2.21. The maximum Gasteiger partial charge on any atom is 0.252 e. The normalized spacial score (nSPS) is 15.9. The van der Waals surface area contributed by atoms with Crippen LogP contribution in [0, 0.1) is 0 Å². The second-order valence-corrected chi connectivity index (χ2v) is 5.72. The number of likely N-dealkylation sites (tertiary alicyclic amines) is 1. The minimum atomic E-state index is -0.0576. The number of rotatable bonds is 4. The van der Waals surface area contributed by atoms with Crippen LogP contribution in [0.5, 0.6) is 0 Å². The summed E-state index contributed by atoms with van der Waals surface area (Å²) < 4.78 is 0.730. The van der Waals surface area contributed by atoms with Crippen LogP contribution >= 0.6 is 27.5 Å². The van der Waals surface area contributed by atoms with Crippen molar-refractivity contribution in [2.45, 2.75) is 12.8 Å². The van der Waals surface area contributed by atoms with Crippen molar-refractivity contribution in [2.75, 3.05) is 26.2 Å². The van der Waals surface area contributed by atoms with Gasteiger partial charge in [-0.15, -0.1) is 0 Å². The van der Waals surface area contributed by atoms with Gasteiger partial charge < -0.3 is 10.2 Å². The second-order valence-electron chi connectivity index (χ2n) is 4.43. The Bertz CT molecular complexity index is 433. The van der Waals surface area contributed by atoms with Crippen LogP contribution in [-0.2, 0) is 0 Å². The molecule has 0 unspecified atom stereocenters. The van der Waals surface area contributed by atoms with Crippen LogP contribution in [0.3, 0.4) is 0 Å². The predicted molar refractivity (Wildman–Crippen MR) is 77.2 cm³/mol. The molecule has 0 spiro atoms. The van der Waals surface area contributed by atoms with Crippen LogP contribution in [0.15, 0.2) is 22.7 Å². The minimum absolute atomic E-state index is 0.0576. The molecule has 1 aliphatic heterocycles. The molecule has 1 aromatic rings.